The Kier molecular flexibility index (Phi) is 5.17. The van der Waals surface area contributed by atoms with Crippen LogP contribution in [0, 0.1) is 11.3 Å². The van der Waals surface area contributed by atoms with E-state index in [9.17, 15) is 9.59 Å². The van der Waals surface area contributed by atoms with Gasteiger partial charge in [0.1, 0.15) is 5.69 Å². The number of aromatic nitrogens is 1. The number of fused-ring (bicyclic) bond motifs is 1. The minimum absolute atomic E-state index is 0.0378. The van der Waals surface area contributed by atoms with Crippen molar-refractivity contribution in [3.8, 4) is 0 Å². The van der Waals surface area contributed by atoms with Crippen molar-refractivity contribution in [2.45, 2.75) is 58.4 Å². The van der Waals surface area contributed by atoms with Gasteiger partial charge in [-0.05, 0) is 44.2 Å². The van der Waals surface area contributed by atoms with Crippen LogP contribution in [0.1, 0.15) is 62.9 Å². The van der Waals surface area contributed by atoms with Crippen LogP contribution >= 0.6 is 0 Å². The van der Waals surface area contributed by atoms with E-state index >= 15 is 0 Å². The molecule has 4 rings (SSSR count). The molecule has 2 fully saturated rings. The maximum Gasteiger partial charge on any atom is 0.267 e. The van der Waals surface area contributed by atoms with Crippen molar-refractivity contribution in [3.05, 3.63) is 36.0 Å². The number of aromatic amines is 1. The third-order valence-electron chi connectivity index (χ3n) is 6.83. The van der Waals surface area contributed by atoms with E-state index in [0.29, 0.717) is 17.5 Å². The molecular weight excluding hydrogens is 350 g/mol. The van der Waals surface area contributed by atoms with Crippen LogP contribution in [-0.4, -0.2) is 40.8 Å². The van der Waals surface area contributed by atoms with Gasteiger partial charge >= 0.3 is 0 Å². The zero-order valence-electron chi connectivity index (χ0n) is 17.0. The number of carbonyl (C=O) groups excluding carboxylic acids is 2. The van der Waals surface area contributed by atoms with Crippen molar-refractivity contribution in [1.82, 2.24) is 15.2 Å². The fourth-order valence-electron chi connectivity index (χ4n) is 4.91. The number of carbonyl (C=O) groups is 2. The molecule has 5 heteroatoms. The third-order valence-corrected chi connectivity index (χ3v) is 6.83. The van der Waals surface area contributed by atoms with Gasteiger partial charge < -0.3 is 15.2 Å². The molecule has 150 valence electrons. The highest BCUT2D eigenvalue weighted by Gasteiger charge is 2.40. The van der Waals surface area contributed by atoms with Gasteiger partial charge in [0.05, 0.1) is 0 Å². The van der Waals surface area contributed by atoms with Gasteiger partial charge in [-0.3, -0.25) is 9.59 Å². The van der Waals surface area contributed by atoms with Gasteiger partial charge in [0.2, 0.25) is 5.91 Å². The number of nitrogens with one attached hydrogen (secondary N) is 2. The summed E-state index contributed by atoms with van der Waals surface area (Å²) in [6.07, 6.45) is 6.56. The smallest absolute Gasteiger partial charge is 0.267 e. The number of para-hydroxylation sites is 1. The SMILES string of the molecule is CC(NC(=O)c1cc2ccccc2[nH]1)C1CCN(C(=O)C2(C)CCCCC2)C1. The average Bonchev–Trinajstić information content (AvgIpc) is 3.35. The number of likely N-dealkylation sites (tertiary alicyclic amines) is 1. The normalized spacial score (nSPS) is 22.9. The second-order valence-electron chi connectivity index (χ2n) is 8.95. The summed E-state index contributed by atoms with van der Waals surface area (Å²) in [4.78, 5) is 31.0. The lowest BCUT2D eigenvalue weighted by Gasteiger charge is -2.35. The zero-order chi connectivity index (χ0) is 19.7. The quantitative estimate of drug-likeness (QED) is 0.837. The van der Waals surface area contributed by atoms with Gasteiger partial charge in [0.25, 0.3) is 5.91 Å². The maximum absolute atomic E-state index is 13.1. The summed E-state index contributed by atoms with van der Waals surface area (Å²) in [5, 5.41) is 4.18. The molecular formula is C23H31N3O2. The van der Waals surface area contributed by atoms with E-state index in [-0.39, 0.29) is 17.4 Å². The molecule has 2 heterocycles. The molecule has 2 unspecified atom stereocenters. The van der Waals surface area contributed by atoms with Crippen molar-refractivity contribution in [3.63, 3.8) is 0 Å². The Morgan fingerprint density at radius 1 is 1.21 bits per heavy atom. The summed E-state index contributed by atoms with van der Waals surface area (Å²) >= 11 is 0. The molecule has 2 aliphatic rings. The molecule has 0 radical (unpaired) electrons. The Hall–Kier alpha value is -2.30. The summed E-state index contributed by atoms with van der Waals surface area (Å²) in [7, 11) is 0. The van der Waals surface area contributed by atoms with Gasteiger partial charge in [-0.25, -0.2) is 0 Å². The number of benzene rings is 1. The second kappa shape index (κ2) is 7.61. The molecule has 1 saturated carbocycles. The van der Waals surface area contributed by atoms with Crippen LogP contribution in [0.5, 0.6) is 0 Å². The lowest BCUT2D eigenvalue weighted by atomic mass is 9.74. The van der Waals surface area contributed by atoms with Crippen LogP contribution in [0.3, 0.4) is 0 Å². The predicted octanol–water partition coefficient (Wildman–Crippen LogP) is 4.11. The van der Waals surface area contributed by atoms with Crippen LogP contribution in [0.2, 0.25) is 0 Å². The molecule has 2 N–H and O–H groups in total. The fourth-order valence-corrected chi connectivity index (χ4v) is 4.91. The number of H-pyrrole nitrogens is 1. The van der Waals surface area contributed by atoms with Crippen molar-refractivity contribution in [2.24, 2.45) is 11.3 Å². The lowest BCUT2D eigenvalue weighted by Crippen LogP contribution is -2.44. The highest BCUT2D eigenvalue weighted by molar-refractivity contribution is 5.98. The highest BCUT2D eigenvalue weighted by atomic mass is 16.2. The number of hydrogen-bond acceptors (Lipinski definition) is 2. The summed E-state index contributed by atoms with van der Waals surface area (Å²) in [5.74, 6) is 0.557. The van der Waals surface area contributed by atoms with E-state index in [1.54, 1.807) is 0 Å². The van der Waals surface area contributed by atoms with Crippen molar-refractivity contribution in [1.29, 1.82) is 0 Å². The number of rotatable bonds is 4. The van der Waals surface area contributed by atoms with E-state index in [2.05, 4.69) is 24.1 Å². The number of amides is 2. The second-order valence-corrected chi connectivity index (χ2v) is 8.95. The molecule has 1 aromatic carbocycles. The molecule has 1 aromatic heterocycles. The highest BCUT2D eigenvalue weighted by Crippen LogP contribution is 2.38. The molecule has 5 nitrogen and oxygen atoms in total. The van der Waals surface area contributed by atoms with Crippen molar-refractivity contribution < 1.29 is 9.59 Å². The largest absolute Gasteiger partial charge is 0.351 e. The number of hydrogen-bond donors (Lipinski definition) is 2. The minimum Gasteiger partial charge on any atom is -0.351 e. The maximum atomic E-state index is 13.1. The molecule has 0 spiro atoms. The Labute approximate surface area is 166 Å². The molecule has 2 atom stereocenters. The van der Waals surface area contributed by atoms with Crippen LogP contribution in [0.25, 0.3) is 10.9 Å². The van der Waals surface area contributed by atoms with Crippen LogP contribution < -0.4 is 5.32 Å². The number of nitrogens with zero attached hydrogens (tertiary/aromatic N) is 1. The fraction of sp³-hybridized carbons (Fsp3) is 0.565. The van der Waals surface area contributed by atoms with Crippen LogP contribution in [0.4, 0.5) is 0 Å². The summed E-state index contributed by atoms with van der Waals surface area (Å²) < 4.78 is 0. The van der Waals surface area contributed by atoms with Gasteiger partial charge in [-0.2, -0.15) is 0 Å². The van der Waals surface area contributed by atoms with Crippen molar-refractivity contribution in [2.75, 3.05) is 13.1 Å². The van der Waals surface area contributed by atoms with E-state index in [1.165, 1.54) is 6.42 Å². The standard InChI is InChI=1S/C23H31N3O2/c1-16(24-21(27)20-14-17-8-4-5-9-19(17)25-20)18-10-13-26(15-18)22(28)23(2)11-6-3-7-12-23/h4-5,8-9,14,16,18,25H,3,6-7,10-13,15H2,1-2H3,(H,24,27). The summed E-state index contributed by atoms with van der Waals surface area (Å²) in [6.45, 7) is 5.76. The molecule has 1 saturated heterocycles. The van der Waals surface area contributed by atoms with Crippen LogP contribution in [-0.2, 0) is 4.79 Å². The van der Waals surface area contributed by atoms with Gasteiger partial charge in [0, 0.05) is 35.4 Å². The minimum atomic E-state index is -0.177. The monoisotopic (exact) mass is 381 g/mol. The average molecular weight is 382 g/mol. The molecule has 2 amide bonds. The van der Waals surface area contributed by atoms with Crippen molar-refractivity contribution >= 4 is 22.7 Å². The molecule has 0 bridgehead atoms. The summed E-state index contributed by atoms with van der Waals surface area (Å²) in [6, 6.07) is 9.83. The van der Waals surface area contributed by atoms with Gasteiger partial charge in [-0.15, -0.1) is 0 Å². The predicted molar refractivity (Wildman–Crippen MR) is 111 cm³/mol. The van der Waals surface area contributed by atoms with E-state index in [0.717, 1.165) is 56.1 Å². The first-order valence-corrected chi connectivity index (χ1v) is 10.6. The first kappa shape index (κ1) is 19.0. The topological polar surface area (TPSA) is 65.2 Å². The first-order chi connectivity index (χ1) is 13.5. The third kappa shape index (κ3) is 3.67. The van der Waals surface area contributed by atoms with Gasteiger partial charge in [0.15, 0.2) is 0 Å². The lowest BCUT2D eigenvalue weighted by molar-refractivity contribution is -0.142. The zero-order valence-corrected chi connectivity index (χ0v) is 17.0. The van der Waals surface area contributed by atoms with E-state index in [1.807, 2.05) is 35.2 Å². The molecule has 1 aliphatic carbocycles. The van der Waals surface area contributed by atoms with E-state index in [4.69, 9.17) is 0 Å². The Morgan fingerprint density at radius 2 is 1.96 bits per heavy atom. The Morgan fingerprint density at radius 3 is 2.71 bits per heavy atom. The molecule has 2 aromatic rings. The molecule has 1 aliphatic heterocycles. The van der Waals surface area contributed by atoms with Gasteiger partial charge in [-0.1, -0.05) is 44.4 Å². The summed E-state index contributed by atoms with van der Waals surface area (Å²) in [5.41, 5.74) is 1.39. The van der Waals surface area contributed by atoms with E-state index < -0.39 is 0 Å². The Balaban J connectivity index is 1.36. The molecule has 28 heavy (non-hydrogen) atoms. The van der Waals surface area contributed by atoms with Crippen LogP contribution in [0.15, 0.2) is 30.3 Å². The Bertz CT molecular complexity index is 833. The first-order valence-electron chi connectivity index (χ1n) is 10.6.